The fourth-order valence-electron chi connectivity index (χ4n) is 1.28. The van der Waals surface area contributed by atoms with Crippen molar-refractivity contribution < 1.29 is 9.63 Å². The van der Waals surface area contributed by atoms with Crippen molar-refractivity contribution in [3.05, 3.63) is 0 Å². The van der Waals surface area contributed by atoms with Crippen LogP contribution in [-0.4, -0.2) is 37.0 Å². The smallest absolute Gasteiger partial charge is 0.260 e. The minimum Gasteiger partial charge on any atom is -0.292 e. The zero-order valence-electron chi connectivity index (χ0n) is 6.96. The van der Waals surface area contributed by atoms with E-state index >= 15 is 0 Å². The third-order valence-electron chi connectivity index (χ3n) is 2.04. The summed E-state index contributed by atoms with van der Waals surface area (Å²) in [4.78, 5) is 17.7. The van der Waals surface area contributed by atoms with Gasteiger partial charge >= 0.3 is 0 Å². The lowest BCUT2D eigenvalue weighted by Crippen LogP contribution is -2.55. The molecule has 0 bridgehead atoms. The number of hydrogen-bond donors (Lipinski definition) is 1. The van der Waals surface area contributed by atoms with Crippen molar-refractivity contribution in [3.63, 3.8) is 0 Å². The van der Waals surface area contributed by atoms with E-state index in [0.29, 0.717) is 0 Å². The van der Waals surface area contributed by atoms with Crippen LogP contribution in [0.25, 0.3) is 0 Å². The number of likely N-dealkylation sites (tertiary alicyclic amines) is 1. The highest BCUT2D eigenvalue weighted by Gasteiger charge is 2.32. The first-order chi connectivity index (χ1) is 5.29. The van der Waals surface area contributed by atoms with E-state index in [2.05, 4.69) is 15.2 Å². The van der Waals surface area contributed by atoms with Crippen LogP contribution in [0.2, 0.25) is 0 Å². The number of carbonyl (C=O) groups excluding carboxylic acids is 1. The number of nitrogens with zero attached hydrogens (tertiary/aromatic N) is 1. The van der Waals surface area contributed by atoms with Crippen molar-refractivity contribution in [1.82, 2.24) is 10.4 Å². The molecule has 0 aromatic heterocycles. The van der Waals surface area contributed by atoms with Gasteiger partial charge in [-0.2, -0.15) is 0 Å². The molecule has 0 aromatic carbocycles. The maximum absolute atomic E-state index is 11.1. The van der Waals surface area contributed by atoms with E-state index in [-0.39, 0.29) is 11.9 Å². The molecule has 1 rings (SSSR count). The summed E-state index contributed by atoms with van der Waals surface area (Å²) in [5, 5.41) is 0. The molecule has 0 spiro atoms. The number of likely N-dealkylation sites (N-methyl/N-ethyl adjacent to an activating group) is 1. The molecule has 1 amide bonds. The Labute approximate surface area is 66.5 Å². The number of carbonyl (C=O) groups is 1. The fourth-order valence-corrected chi connectivity index (χ4v) is 1.28. The van der Waals surface area contributed by atoms with Crippen LogP contribution < -0.4 is 5.48 Å². The third kappa shape index (κ3) is 1.70. The molecule has 1 N–H and O–H groups in total. The van der Waals surface area contributed by atoms with Crippen LogP contribution in [0.15, 0.2) is 0 Å². The summed E-state index contributed by atoms with van der Waals surface area (Å²) in [5.74, 6) is -0.0272. The molecule has 1 aliphatic heterocycles. The minimum atomic E-state index is -0.0272. The van der Waals surface area contributed by atoms with Crippen LogP contribution in [0.3, 0.4) is 0 Å². The molecule has 4 heteroatoms. The molecule has 1 saturated heterocycles. The van der Waals surface area contributed by atoms with E-state index in [1.54, 1.807) is 0 Å². The molecule has 0 radical (unpaired) electrons. The van der Waals surface area contributed by atoms with Crippen LogP contribution in [-0.2, 0) is 9.63 Å². The Balaban J connectivity index is 2.30. The van der Waals surface area contributed by atoms with Gasteiger partial charge < -0.3 is 0 Å². The molecule has 1 unspecified atom stereocenters. The highest BCUT2D eigenvalue weighted by molar-refractivity contribution is 5.81. The van der Waals surface area contributed by atoms with Crippen molar-refractivity contribution in [3.8, 4) is 0 Å². The average Bonchev–Trinajstić information content (AvgIpc) is 1.86. The molecular weight excluding hydrogens is 144 g/mol. The zero-order chi connectivity index (χ0) is 8.27. The lowest BCUT2D eigenvalue weighted by Gasteiger charge is -2.38. The summed E-state index contributed by atoms with van der Waals surface area (Å²) in [7, 11) is 1.45. The summed E-state index contributed by atoms with van der Waals surface area (Å²) >= 11 is 0. The largest absolute Gasteiger partial charge is 0.292 e. The van der Waals surface area contributed by atoms with Crippen LogP contribution in [0, 0.1) is 0 Å². The van der Waals surface area contributed by atoms with Crippen molar-refractivity contribution in [2.45, 2.75) is 19.4 Å². The lowest BCUT2D eigenvalue weighted by atomic mass is 10.0. The maximum atomic E-state index is 11.1. The molecule has 64 valence electrons. The Morgan fingerprint density at radius 3 is 2.91 bits per heavy atom. The lowest BCUT2D eigenvalue weighted by molar-refractivity contribution is -0.141. The highest BCUT2D eigenvalue weighted by Crippen LogP contribution is 2.15. The normalized spacial score (nSPS) is 24.4. The number of rotatable bonds is 3. The van der Waals surface area contributed by atoms with Gasteiger partial charge in [-0.15, -0.1) is 0 Å². The molecule has 1 aliphatic rings. The van der Waals surface area contributed by atoms with E-state index < -0.39 is 0 Å². The zero-order valence-corrected chi connectivity index (χ0v) is 6.96. The molecule has 11 heavy (non-hydrogen) atoms. The molecule has 1 fully saturated rings. The summed E-state index contributed by atoms with van der Waals surface area (Å²) in [6.45, 7) is 4.01. The molecular formula is C7H14N2O2. The molecule has 0 aromatic rings. The van der Waals surface area contributed by atoms with Crippen LogP contribution >= 0.6 is 0 Å². The van der Waals surface area contributed by atoms with E-state index in [9.17, 15) is 4.79 Å². The Morgan fingerprint density at radius 2 is 2.55 bits per heavy atom. The van der Waals surface area contributed by atoms with Gasteiger partial charge in [-0.3, -0.25) is 14.5 Å². The van der Waals surface area contributed by atoms with E-state index in [1.807, 2.05) is 6.92 Å². The number of nitrogens with one attached hydrogen (secondary N) is 1. The Hall–Kier alpha value is -0.610. The van der Waals surface area contributed by atoms with Gasteiger partial charge in [0.05, 0.1) is 13.2 Å². The van der Waals surface area contributed by atoms with Gasteiger partial charge in [0.2, 0.25) is 0 Å². The first-order valence-electron chi connectivity index (χ1n) is 3.86. The fraction of sp³-hybridized carbons (Fsp3) is 0.857. The first-order valence-corrected chi connectivity index (χ1v) is 3.86. The quantitative estimate of drug-likeness (QED) is 0.576. The number of amides is 1. The van der Waals surface area contributed by atoms with Gasteiger partial charge in [-0.25, -0.2) is 5.48 Å². The summed E-state index contributed by atoms with van der Waals surface area (Å²) in [6.07, 6.45) is 0.947. The molecule has 4 nitrogen and oxygen atoms in total. The number of hydroxylamine groups is 1. The van der Waals surface area contributed by atoms with Crippen molar-refractivity contribution >= 4 is 5.91 Å². The molecule has 0 saturated carbocycles. The standard InChI is InChI=1S/C7H14N2O2/c1-3-9-5-4-6(9)7(10)8-11-2/h6H,3-5H2,1-2H3,(H,8,10). The Morgan fingerprint density at radius 1 is 1.82 bits per heavy atom. The van der Waals surface area contributed by atoms with Gasteiger partial charge in [-0.1, -0.05) is 6.92 Å². The van der Waals surface area contributed by atoms with Crippen LogP contribution in [0.1, 0.15) is 13.3 Å². The molecule has 0 aliphatic carbocycles. The minimum absolute atomic E-state index is 0.0272. The maximum Gasteiger partial charge on any atom is 0.260 e. The second kappa shape index (κ2) is 3.69. The Bertz CT molecular complexity index is 147. The average molecular weight is 158 g/mol. The topological polar surface area (TPSA) is 41.6 Å². The van der Waals surface area contributed by atoms with Gasteiger partial charge in [-0.05, 0) is 13.0 Å². The second-order valence-electron chi connectivity index (χ2n) is 2.60. The first kappa shape index (κ1) is 8.49. The van der Waals surface area contributed by atoms with Crippen molar-refractivity contribution in [2.24, 2.45) is 0 Å². The van der Waals surface area contributed by atoms with Crippen molar-refractivity contribution in [1.29, 1.82) is 0 Å². The Kier molecular flexibility index (Phi) is 2.84. The SMILES string of the molecule is CCN1CCC1C(=O)NOC. The van der Waals surface area contributed by atoms with Gasteiger partial charge in [0, 0.05) is 6.54 Å². The van der Waals surface area contributed by atoms with E-state index in [1.165, 1.54) is 7.11 Å². The summed E-state index contributed by atoms with van der Waals surface area (Å²) in [5.41, 5.74) is 2.33. The number of hydrogen-bond acceptors (Lipinski definition) is 3. The van der Waals surface area contributed by atoms with E-state index in [0.717, 1.165) is 19.5 Å². The summed E-state index contributed by atoms with van der Waals surface area (Å²) in [6, 6.07) is 0.0416. The van der Waals surface area contributed by atoms with E-state index in [4.69, 9.17) is 0 Å². The van der Waals surface area contributed by atoms with Gasteiger partial charge in [0.25, 0.3) is 5.91 Å². The third-order valence-corrected chi connectivity index (χ3v) is 2.04. The molecule has 1 heterocycles. The summed E-state index contributed by atoms with van der Waals surface area (Å²) < 4.78 is 0. The van der Waals surface area contributed by atoms with Crippen LogP contribution in [0.4, 0.5) is 0 Å². The van der Waals surface area contributed by atoms with Gasteiger partial charge in [0.1, 0.15) is 0 Å². The van der Waals surface area contributed by atoms with Crippen molar-refractivity contribution in [2.75, 3.05) is 20.2 Å². The monoisotopic (exact) mass is 158 g/mol. The predicted molar refractivity (Wildman–Crippen MR) is 40.8 cm³/mol. The van der Waals surface area contributed by atoms with Crippen LogP contribution in [0.5, 0.6) is 0 Å². The second-order valence-corrected chi connectivity index (χ2v) is 2.60. The van der Waals surface area contributed by atoms with Gasteiger partial charge in [0.15, 0.2) is 0 Å². The predicted octanol–water partition coefficient (Wildman–Crippen LogP) is -0.242. The molecule has 1 atom stereocenters. The highest BCUT2D eigenvalue weighted by atomic mass is 16.6.